The highest BCUT2D eigenvalue weighted by Gasteiger charge is 2.10. The van der Waals surface area contributed by atoms with Gasteiger partial charge in [-0.2, -0.15) is 0 Å². The van der Waals surface area contributed by atoms with E-state index in [4.69, 9.17) is 4.52 Å². The predicted octanol–water partition coefficient (Wildman–Crippen LogP) is 4.49. The van der Waals surface area contributed by atoms with Gasteiger partial charge in [-0.1, -0.05) is 41.6 Å². The van der Waals surface area contributed by atoms with Crippen molar-refractivity contribution in [1.82, 2.24) is 10.5 Å². The van der Waals surface area contributed by atoms with E-state index in [9.17, 15) is 4.79 Å². The van der Waals surface area contributed by atoms with Gasteiger partial charge in [0.2, 0.25) is 0 Å². The molecule has 118 valence electrons. The summed E-state index contributed by atoms with van der Waals surface area (Å²) in [5.41, 5.74) is 1.34. The molecule has 5 heteroatoms. The summed E-state index contributed by atoms with van der Waals surface area (Å²) in [7, 11) is 0. The standard InChI is InChI=1S/C19H14N2O2S/c22-19(15-8-7-13-4-1-2-5-14(13)10-15)20-12-16-11-17(23-21-16)18-6-3-9-24-18/h1-11H,12H2,(H,20,22). The predicted molar refractivity (Wildman–Crippen MR) is 94.9 cm³/mol. The second kappa shape index (κ2) is 6.29. The van der Waals surface area contributed by atoms with Crippen LogP contribution in [0.4, 0.5) is 0 Å². The molecule has 1 amide bonds. The van der Waals surface area contributed by atoms with Crippen LogP contribution in [0.15, 0.2) is 70.6 Å². The van der Waals surface area contributed by atoms with Crippen molar-refractivity contribution in [1.29, 1.82) is 0 Å². The minimum Gasteiger partial charge on any atom is -0.355 e. The van der Waals surface area contributed by atoms with Crippen molar-refractivity contribution in [2.45, 2.75) is 6.54 Å². The van der Waals surface area contributed by atoms with Gasteiger partial charge in [-0.3, -0.25) is 4.79 Å². The first-order chi connectivity index (χ1) is 11.8. The second-order valence-corrected chi connectivity index (χ2v) is 6.35. The molecular weight excluding hydrogens is 320 g/mol. The third-order valence-corrected chi connectivity index (χ3v) is 4.65. The summed E-state index contributed by atoms with van der Waals surface area (Å²) in [6.07, 6.45) is 0. The number of rotatable bonds is 4. The van der Waals surface area contributed by atoms with Gasteiger partial charge in [0, 0.05) is 11.6 Å². The molecule has 0 spiro atoms. The molecule has 0 aliphatic rings. The molecule has 0 aliphatic carbocycles. The molecule has 0 unspecified atom stereocenters. The van der Waals surface area contributed by atoms with E-state index in [-0.39, 0.29) is 5.91 Å². The monoisotopic (exact) mass is 334 g/mol. The van der Waals surface area contributed by atoms with Gasteiger partial charge in [-0.05, 0) is 34.4 Å². The molecule has 0 aliphatic heterocycles. The minimum atomic E-state index is -0.124. The van der Waals surface area contributed by atoms with E-state index in [2.05, 4.69) is 10.5 Å². The highest BCUT2D eigenvalue weighted by Crippen LogP contribution is 2.25. The highest BCUT2D eigenvalue weighted by atomic mass is 32.1. The van der Waals surface area contributed by atoms with E-state index < -0.39 is 0 Å². The Hall–Kier alpha value is -2.92. The van der Waals surface area contributed by atoms with E-state index in [0.29, 0.717) is 17.8 Å². The lowest BCUT2D eigenvalue weighted by atomic mass is 10.1. The van der Waals surface area contributed by atoms with Crippen LogP contribution in [-0.4, -0.2) is 11.1 Å². The summed E-state index contributed by atoms with van der Waals surface area (Å²) >= 11 is 1.59. The number of hydrogen-bond acceptors (Lipinski definition) is 4. The average molecular weight is 334 g/mol. The average Bonchev–Trinajstić information content (AvgIpc) is 3.30. The number of nitrogens with zero attached hydrogens (tertiary/aromatic N) is 1. The van der Waals surface area contributed by atoms with Crippen LogP contribution in [0.3, 0.4) is 0 Å². The van der Waals surface area contributed by atoms with Crippen LogP contribution in [0.2, 0.25) is 0 Å². The van der Waals surface area contributed by atoms with E-state index >= 15 is 0 Å². The molecule has 0 saturated heterocycles. The summed E-state index contributed by atoms with van der Waals surface area (Å²) in [5.74, 6) is 0.599. The van der Waals surface area contributed by atoms with Crippen LogP contribution in [-0.2, 0) is 6.54 Å². The molecule has 0 bridgehead atoms. The number of amides is 1. The van der Waals surface area contributed by atoms with Crippen molar-refractivity contribution in [3.63, 3.8) is 0 Å². The summed E-state index contributed by atoms with van der Waals surface area (Å²) in [6.45, 7) is 0.334. The Morgan fingerprint density at radius 2 is 1.92 bits per heavy atom. The molecular formula is C19H14N2O2S. The summed E-state index contributed by atoms with van der Waals surface area (Å²) in [4.78, 5) is 13.4. The first kappa shape index (κ1) is 14.7. The summed E-state index contributed by atoms with van der Waals surface area (Å²) in [5, 5.41) is 11.0. The van der Waals surface area contributed by atoms with Gasteiger partial charge < -0.3 is 9.84 Å². The fourth-order valence-corrected chi connectivity index (χ4v) is 3.21. The molecule has 2 aromatic heterocycles. The first-order valence-electron chi connectivity index (χ1n) is 7.56. The maximum absolute atomic E-state index is 12.3. The zero-order chi connectivity index (χ0) is 16.4. The Morgan fingerprint density at radius 1 is 1.04 bits per heavy atom. The first-order valence-corrected chi connectivity index (χ1v) is 8.44. The van der Waals surface area contributed by atoms with Crippen molar-refractivity contribution >= 4 is 28.0 Å². The Balaban J connectivity index is 1.46. The Morgan fingerprint density at radius 3 is 2.75 bits per heavy atom. The molecule has 0 saturated carbocycles. The van der Waals surface area contributed by atoms with Gasteiger partial charge in [0.05, 0.1) is 11.4 Å². The number of carbonyl (C=O) groups excluding carboxylic acids is 1. The van der Waals surface area contributed by atoms with Crippen molar-refractivity contribution in [2.75, 3.05) is 0 Å². The maximum atomic E-state index is 12.3. The smallest absolute Gasteiger partial charge is 0.251 e. The maximum Gasteiger partial charge on any atom is 0.251 e. The van der Waals surface area contributed by atoms with Crippen LogP contribution >= 0.6 is 11.3 Å². The van der Waals surface area contributed by atoms with Crippen molar-refractivity contribution in [3.8, 4) is 10.6 Å². The van der Waals surface area contributed by atoms with E-state index in [1.54, 1.807) is 11.3 Å². The lowest BCUT2D eigenvalue weighted by Crippen LogP contribution is -2.22. The fourth-order valence-electron chi connectivity index (χ4n) is 2.53. The number of thiophene rings is 1. The lowest BCUT2D eigenvalue weighted by Gasteiger charge is -2.04. The van der Waals surface area contributed by atoms with Crippen LogP contribution in [0.1, 0.15) is 16.1 Å². The quantitative estimate of drug-likeness (QED) is 0.598. The zero-order valence-electron chi connectivity index (χ0n) is 12.7. The molecule has 1 N–H and O–H groups in total. The Kier molecular flexibility index (Phi) is 3.84. The zero-order valence-corrected chi connectivity index (χ0v) is 13.5. The molecule has 4 nitrogen and oxygen atoms in total. The third-order valence-electron chi connectivity index (χ3n) is 3.76. The van der Waals surface area contributed by atoms with E-state index in [0.717, 1.165) is 21.4 Å². The molecule has 2 heterocycles. The second-order valence-electron chi connectivity index (χ2n) is 5.40. The third kappa shape index (κ3) is 2.94. The van der Waals surface area contributed by atoms with Crippen LogP contribution < -0.4 is 5.32 Å². The van der Waals surface area contributed by atoms with Gasteiger partial charge >= 0.3 is 0 Å². The number of benzene rings is 2. The number of nitrogens with one attached hydrogen (secondary N) is 1. The summed E-state index contributed by atoms with van der Waals surface area (Å²) < 4.78 is 5.31. The Labute approximate surface area is 142 Å². The minimum absolute atomic E-state index is 0.124. The largest absolute Gasteiger partial charge is 0.355 e. The molecule has 2 aromatic carbocycles. The summed E-state index contributed by atoms with van der Waals surface area (Å²) in [6, 6.07) is 19.4. The molecule has 0 fully saturated rings. The van der Waals surface area contributed by atoms with Gasteiger partial charge in [0.25, 0.3) is 5.91 Å². The van der Waals surface area contributed by atoms with Gasteiger partial charge in [-0.15, -0.1) is 11.3 Å². The lowest BCUT2D eigenvalue weighted by molar-refractivity contribution is 0.0950. The van der Waals surface area contributed by atoms with E-state index in [1.165, 1.54) is 0 Å². The number of hydrogen-bond donors (Lipinski definition) is 1. The number of carbonyl (C=O) groups is 1. The van der Waals surface area contributed by atoms with Crippen molar-refractivity contribution in [3.05, 3.63) is 77.3 Å². The SMILES string of the molecule is O=C(NCc1cc(-c2cccs2)on1)c1ccc2ccccc2c1. The number of fused-ring (bicyclic) bond motifs is 1. The van der Waals surface area contributed by atoms with Crippen LogP contribution in [0, 0.1) is 0 Å². The van der Waals surface area contributed by atoms with Gasteiger partial charge in [0.15, 0.2) is 5.76 Å². The van der Waals surface area contributed by atoms with Crippen LogP contribution in [0.25, 0.3) is 21.4 Å². The normalized spacial score (nSPS) is 10.8. The molecule has 4 aromatic rings. The molecule has 4 rings (SSSR count). The van der Waals surface area contributed by atoms with Crippen molar-refractivity contribution < 1.29 is 9.32 Å². The van der Waals surface area contributed by atoms with Gasteiger partial charge in [-0.25, -0.2) is 0 Å². The number of aromatic nitrogens is 1. The highest BCUT2D eigenvalue weighted by molar-refractivity contribution is 7.13. The van der Waals surface area contributed by atoms with E-state index in [1.807, 2.05) is 66.0 Å². The van der Waals surface area contributed by atoms with Crippen molar-refractivity contribution in [2.24, 2.45) is 0 Å². The fraction of sp³-hybridized carbons (Fsp3) is 0.0526. The molecule has 0 atom stereocenters. The van der Waals surface area contributed by atoms with Gasteiger partial charge in [0.1, 0.15) is 5.69 Å². The topological polar surface area (TPSA) is 55.1 Å². The Bertz CT molecular complexity index is 989. The van der Waals surface area contributed by atoms with Crippen LogP contribution in [0.5, 0.6) is 0 Å². The molecule has 0 radical (unpaired) electrons. The molecule has 24 heavy (non-hydrogen) atoms.